The second kappa shape index (κ2) is 8.40. The van der Waals surface area contributed by atoms with Crippen LogP contribution in [-0.2, 0) is 38.7 Å². The molecule has 0 nitrogen and oxygen atoms in total. The van der Waals surface area contributed by atoms with Crippen LogP contribution in [0.15, 0.2) is 60.7 Å². The third-order valence-electron chi connectivity index (χ3n) is 7.09. The Morgan fingerprint density at radius 3 is 1.47 bits per heavy atom. The van der Waals surface area contributed by atoms with Gasteiger partial charge in [0.25, 0.3) is 0 Å². The van der Waals surface area contributed by atoms with E-state index in [1.807, 2.05) is 0 Å². The molecule has 6 rings (SSSR count). The average molecular weight is 636 g/mol. The maximum Gasteiger partial charge on any atom is 0.0921 e. The normalized spacial score (nSPS) is 12.6. The fraction of sp³-hybridized carbons (Fsp3) is 0.143. The minimum absolute atomic E-state index is 0. The molecule has 0 N–H and O–H groups in total. The van der Waals surface area contributed by atoms with Crippen LogP contribution in [-0.4, -0.2) is 9.52 Å². The second-order valence-electron chi connectivity index (χ2n) is 8.87. The zero-order chi connectivity index (χ0) is 21.3. The Bertz CT molecular complexity index is 1300. The molecule has 4 heteroatoms. The van der Waals surface area contributed by atoms with Crippen molar-refractivity contribution in [2.45, 2.75) is 26.7 Å². The van der Waals surface area contributed by atoms with E-state index in [0.717, 1.165) is 22.9 Å². The van der Waals surface area contributed by atoms with Crippen molar-refractivity contribution in [1.29, 1.82) is 0 Å². The minimum atomic E-state index is -0.822. The summed E-state index contributed by atoms with van der Waals surface area (Å²) in [7, 11) is -0.822. The van der Waals surface area contributed by atoms with Crippen molar-refractivity contribution in [2.24, 2.45) is 0 Å². The number of hydrogen-bond acceptors (Lipinski definition) is 0. The van der Waals surface area contributed by atoms with Crippen molar-refractivity contribution in [3.05, 3.63) is 104 Å². The largest absolute Gasteiger partial charge is 0.0921 e. The van der Waals surface area contributed by atoms with Gasteiger partial charge in [0.15, 0.2) is 0 Å². The molecule has 0 unspecified atom stereocenters. The number of benzene rings is 4. The average Bonchev–Trinajstić information content (AvgIpc) is 3.32. The summed E-state index contributed by atoms with van der Waals surface area (Å²) in [4.78, 5) is 0. The van der Waals surface area contributed by atoms with E-state index in [1.165, 1.54) is 66.0 Å². The van der Waals surface area contributed by atoms with Crippen molar-refractivity contribution >= 4 is 43.1 Å². The smallest absolute Gasteiger partial charge is 0.0841 e. The molecule has 32 heavy (non-hydrogen) atoms. The van der Waals surface area contributed by atoms with Gasteiger partial charge >= 0.3 is 0 Å². The minimum Gasteiger partial charge on any atom is -0.0841 e. The summed E-state index contributed by atoms with van der Waals surface area (Å²) in [6.45, 7) is 4.42. The molecule has 4 aromatic carbocycles. The molecule has 0 bridgehead atoms. The summed E-state index contributed by atoms with van der Waals surface area (Å²) in [6, 6.07) is 22.0. The van der Waals surface area contributed by atoms with E-state index in [-0.39, 0.29) is 25.8 Å². The summed E-state index contributed by atoms with van der Waals surface area (Å²) in [5.74, 6) is 0. The van der Waals surface area contributed by atoms with Gasteiger partial charge in [-0.15, -0.1) is 0 Å². The molecular weight excluding hydrogens is 614 g/mol. The number of halogens is 2. The monoisotopic (exact) mass is 636 g/mol. The van der Waals surface area contributed by atoms with Gasteiger partial charge in [-0.2, -0.15) is 0 Å². The Hall–Kier alpha value is -1.45. The van der Waals surface area contributed by atoms with Gasteiger partial charge in [0.05, 0.1) is 9.52 Å². The molecule has 156 valence electrons. The molecule has 4 aromatic rings. The van der Waals surface area contributed by atoms with Crippen LogP contribution in [0.5, 0.6) is 0 Å². The molecule has 2 aliphatic carbocycles. The molecular formula is C28H22Cl2HfSi. The molecule has 0 amide bonds. The van der Waals surface area contributed by atoms with Crippen molar-refractivity contribution < 1.29 is 25.8 Å². The molecule has 0 aromatic heterocycles. The van der Waals surface area contributed by atoms with E-state index in [4.69, 9.17) is 23.2 Å². The number of fused-ring (bicyclic) bond motifs is 6. The van der Waals surface area contributed by atoms with Crippen molar-refractivity contribution in [1.82, 2.24) is 0 Å². The summed E-state index contributed by atoms with van der Waals surface area (Å²) in [5, 5.41) is 4.62. The van der Waals surface area contributed by atoms with Gasteiger partial charge in [0.1, 0.15) is 0 Å². The van der Waals surface area contributed by atoms with E-state index in [1.54, 1.807) is 0 Å². The summed E-state index contributed by atoms with van der Waals surface area (Å²) >= 11 is 14.2. The van der Waals surface area contributed by atoms with Crippen LogP contribution < -0.4 is 10.4 Å². The van der Waals surface area contributed by atoms with Crippen molar-refractivity contribution in [3.8, 4) is 22.3 Å². The SMILES string of the molecule is Cc1cc2c(c(Cl)c1[SiH2]c1c(C)cc3c(c1Cl)Cc1ccccc1-3)Cc1ccccc1-2.[Hf]. The first-order chi connectivity index (χ1) is 15.0. The first-order valence-electron chi connectivity index (χ1n) is 10.8. The van der Waals surface area contributed by atoms with E-state index in [2.05, 4.69) is 74.5 Å². The van der Waals surface area contributed by atoms with Crippen LogP contribution in [0.4, 0.5) is 0 Å². The van der Waals surface area contributed by atoms with Gasteiger partial charge in [0.2, 0.25) is 0 Å². The van der Waals surface area contributed by atoms with Gasteiger partial charge in [-0.05, 0) is 68.7 Å². The predicted octanol–water partition coefficient (Wildman–Crippen LogP) is 5.87. The third kappa shape index (κ3) is 3.34. The van der Waals surface area contributed by atoms with Crippen LogP contribution in [0.3, 0.4) is 0 Å². The number of hydrogen-bond donors (Lipinski definition) is 0. The summed E-state index contributed by atoms with van der Waals surface area (Å²) in [6.07, 6.45) is 1.86. The molecule has 0 aliphatic heterocycles. The first kappa shape index (κ1) is 22.3. The topological polar surface area (TPSA) is 0 Å². The van der Waals surface area contributed by atoms with Crippen molar-refractivity contribution in [3.63, 3.8) is 0 Å². The molecule has 0 saturated carbocycles. The van der Waals surface area contributed by atoms with Gasteiger partial charge in [0, 0.05) is 48.7 Å². The molecule has 0 heterocycles. The number of rotatable bonds is 2. The zero-order valence-corrected chi connectivity index (χ0v) is 24.7. The fourth-order valence-electron chi connectivity index (χ4n) is 5.42. The van der Waals surface area contributed by atoms with E-state index < -0.39 is 9.52 Å². The van der Waals surface area contributed by atoms with E-state index in [0.29, 0.717) is 0 Å². The Kier molecular flexibility index (Phi) is 5.86. The molecule has 0 atom stereocenters. The van der Waals surface area contributed by atoms with Crippen LogP contribution in [0.2, 0.25) is 10.0 Å². The number of aryl methyl sites for hydroxylation is 2. The van der Waals surface area contributed by atoms with Crippen molar-refractivity contribution in [2.75, 3.05) is 0 Å². The van der Waals surface area contributed by atoms with Gasteiger partial charge < -0.3 is 0 Å². The maximum atomic E-state index is 7.09. The van der Waals surface area contributed by atoms with Crippen LogP contribution in [0.1, 0.15) is 33.4 Å². The fourth-order valence-corrected chi connectivity index (χ4v) is 8.31. The van der Waals surface area contributed by atoms with Gasteiger partial charge in [-0.3, -0.25) is 0 Å². The van der Waals surface area contributed by atoms with Crippen LogP contribution >= 0.6 is 23.2 Å². The summed E-state index contributed by atoms with van der Waals surface area (Å²) < 4.78 is 0. The Morgan fingerprint density at radius 2 is 1.03 bits per heavy atom. The van der Waals surface area contributed by atoms with E-state index in [9.17, 15) is 0 Å². The molecule has 0 radical (unpaired) electrons. The van der Waals surface area contributed by atoms with Gasteiger partial charge in [-0.25, -0.2) is 0 Å². The summed E-state index contributed by atoms with van der Waals surface area (Å²) in [5.41, 5.74) is 13.2. The Labute approximate surface area is 220 Å². The maximum absolute atomic E-state index is 7.09. The standard InChI is InChI=1S/C28H22Cl2Si.Hf/c1-15-11-21-19-9-5-3-7-17(19)13-23(21)25(29)27(15)31-28-16(2)12-22-20-10-6-4-8-18(20)14-24(22)26(28)30;/h3-12H,13-14,31H2,1-2H3;. The Balaban J connectivity index is 0.00000216. The zero-order valence-electron chi connectivity index (χ0n) is 18.2. The molecule has 2 aliphatic rings. The molecule has 0 saturated heterocycles. The third-order valence-corrected chi connectivity index (χ3v) is 11.0. The first-order valence-corrected chi connectivity index (χ1v) is 13.0. The quantitative estimate of drug-likeness (QED) is 0.209. The van der Waals surface area contributed by atoms with E-state index >= 15 is 0 Å². The predicted molar refractivity (Wildman–Crippen MR) is 137 cm³/mol. The van der Waals surface area contributed by atoms with Gasteiger partial charge in [-0.1, -0.05) is 95.0 Å². The second-order valence-corrected chi connectivity index (χ2v) is 11.4. The van der Waals surface area contributed by atoms with Crippen LogP contribution in [0.25, 0.3) is 22.3 Å². The Morgan fingerprint density at radius 1 is 0.625 bits per heavy atom. The molecule has 0 spiro atoms. The van der Waals surface area contributed by atoms with Crippen LogP contribution in [0, 0.1) is 13.8 Å². The molecule has 0 fully saturated rings.